The first-order valence-corrected chi connectivity index (χ1v) is 18.6. The van der Waals surface area contributed by atoms with Crippen LogP contribution in [0, 0.1) is 0 Å². The van der Waals surface area contributed by atoms with Gasteiger partial charge in [0, 0.05) is 21.9 Å². The lowest BCUT2D eigenvalue weighted by Crippen LogP contribution is -2.17. The van der Waals surface area contributed by atoms with E-state index in [4.69, 9.17) is 18.9 Å². The molecular formula is C34H28N2O8S3. The average molecular weight is 689 g/mol. The van der Waals surface area contributed by atoms with Crippen LogP contribution in [0.1, 0.15) is 23.7 Å². The number of aromatic nitrogens is 2. The maximum absolute atomic E-state index is 14.6. The third-order valence-electron chi connectivity index (χ3n) is 8.13. The Morgan fingerprint density at radius 1 is 0.489 bits per heavy atom. The molecule has 0 radical (unpaired) electrons. The number of nitrogens with zero attached hydrogens (tertiary/aromatic N) is 2. The van der Waals surface area contributed by atoms with Gasteiger partial charge in [0.1, 0.15) is 10.1 Å². The van der Waals surface area contributed by atoms with Gasteiger partial charge in [-0.15, -0.1) is 0 Å². The van der Waals surface area contributed by atoms with Crippen LogP contribution in [0.3, 0.4) is 0 Å². The molecule has 2 aromatic heterocycles. The number of rotatable bonds is 8. The predicted molar refractivity (Wildman–Crippen MR) is 175 cm³/mol. The monoisotopic (exact) mass is 688 g/mol. The Kier molecular flexibility index (Phi) is 7.72. The first-order valence-electron chi connectivity index (χ1n) is 14.9. The van der Waals surface area contributed by atoms with Gasteiger partial charge in [-0.3, -0.25) is 0 Å². The summed E-state index contributed by atoms with van der Waals surface area (Å²) in [5.74, 6) is 0. The summed E-state index contributed by atoms with van der Waals surface area (Å²) in [6, 6.07) is 30.5. The molecule has 0 aliphatic carbocycles. The van der Waals surface area contributed by atoms with Gasteiger partial charge in [0.25, 0.3) is 20.0 Å². The van der Waals surface area contributed by atoms with Crippen LogP contribution in [0.25, 0.3) is 21.8 Å². The fraction of sp³-hybridized carbons (Fsp3) is 0.176. The SMILES string of the molecule is O=S(=O)(c1ccccc1)n1c(Sc2c(C3OCCO3)c3ccccc3n2S(=O)(=O)c2ccccc2)c(C2OCCO2)c2ccccc21. The average Bonchev–Trinajstić information content (AvgIpc) is 3.91. The van der Waals surface area contributed by atoms with Gasteiger partial charge in [0.2, 0.25) is 0 Å². The minimum atomic E-state index is -4.22. The highest BCUT2D eigenvalue weighted by molar-refractivity contribution is 8.01. The summed E-state index contributed by atoms with van der Waals surface area (Å²) < 4.78 is 84.9. The summed E-state index contributed by atoms with van der Waals surface area (Å²) in [4.78, 5) is 0.144. The minimum Gasteiger partial charge on any atom is -0.346 e. The molecule has 0 unspecified atom stereocenters. The Morgan fingerprint density at radius 3 is 1.21 bits per heavy atom. The number of para-hydroxylation sites is 2. The van der Waals surface area contributed by atoms with Crippen LogP contribution >= 0.6 is 11.8 Å². The van der Waals surface area contributed by atoms with Gasteiger partial charge in [0.15, 0.2) is 12.6 Å². The van der Waals surface area contributed by atoms with Crippen LogP contribution in [0.4, 0.5) is 0 Å². The maximum atomic E-state index is 14.6. The molecular weight excluding hydrogens is 661 g/mol. The van der Waals surface area contributed by atoms with Crippen molar-refractivity contribution in [2.24, 2.45) is 0 Å². The summed E-state index contributed by atoms with van der Waals surface area (Å²) in [6.45, 7) is 1.27. The van der Waals surface area contributed by atoms with Crippen molar-refractivity contribution in [3.8, 4) is 0 Å². The van der Waals surface area contributed by atoms with Crippen molar-refractivity contribution >= 4 is 53.6 Å². The zero-order chi connectivity index (χ0) is 32.2. The van der Waals surface area contributed by atoms with Crippen molar-refractivity contribution in [3.63, 3.8) is 0 Å². The van der Waals surface area contributed by atoms with E-state index in [9.17, 15) is 16.8 Å². The second-order valence-corrected chi connectivity index (χ2v) is 15.4. The van der Waals surface area contributed by atoms with Gasteiger partial charge in [0.05, 0.1) is 47.3 Å². The molecule has 0 spiro atoms. The zero-order valence-electron chi connectivity index (χ0n) is 24.8. The summed E-state index contributed by atoms with van der Waals surface area (Å²) in [5, 5.41) is 1.66. The Morgan fingerprint density at radius 2 is 0.830 bits per heavy atom. The van der Waals surface area contributed by atoms with E-state index in [1.54, 1.807) is 60.7 Å². The van der Waals surface area contributed by atoms with Crippen LogP contribution in [0.5, 0.6) is 0 Å². The van der Waals surface area contributed by atoms with Crippen LogP contribution in [0.2, 0.25) is 0 Å². The Hall–Kier alpha value is -3.95. The fourth-order valence-corrected chi connectivity index (χ4v) is 11.0. The molecule has 2 saturated heterocycles. The molecule has 8 rings (SSSR count). The highest BCUT2D eigenvalue weighted by Gasteiger charge is 2.38. The van der Waals surface area contributed by atoms with E-state index in [0.29, 0.717) is 59.4 Å². The minimum absolute atomic E-state index is 0.0718. The summed E-state index contributed by atoms with van der Waals surface area (Å²) in [6.07, 6.45) is -1.78. The maximum Gasteiger partial charge on any atom is 0.269 e. The van der Waals surface area contributed by atoms with Crippen LogP contribution in [-0.2, 0) is 39.0 Å². The number of ether oxygens (including phenoxy) is 4. The van der Waals surface area contributed by atoms with Gasteiger partial charge in [-0.1, -0.05) is 84.6 Å². The highest BCUT2D eigenvalue weighted by Crippen LogP contribution is 2.49. The number of hydrogen-bond acceptors (Lipinski definition) is 9. The topological polar surface area (TPSA) is 115 Å². The smallest absolute Gasteiger partial charge is 0.269 e. The lowest BCUT2D eigenvalue weighted by Gasteiger charge is -2.18. The molecule has 0 N–H and O–H groups in total. The second-order valence-electron chi connectivity index (χ2n) is 10.9. The molecule has 0 atom stereocenters. The van der Waals surface area contributed by atoms with Gasteiger partial charge in [-0.25, -0.2) is 24.8 Å². The molecule has 4 heterocycles. The van der Waals surface area contributed by atoms with Gasteiger partial charge in [-0.2, -0.15) is 0 Å². The van der Waals surface area contributed by atoms with E-state index in [-0.39, 0.29) is 19.8 Å². The lowest BCUT2D eigenvalue weighted by atomic mass is 10.1. The van der Waals surface area contributed by atoms with Crippen LogP contribution in [-0.4, -0.2) is 51.2 Å². The van der Waals surface area contributed by atoms with E-state index in [1.165, 1.54) is 32.2 Å². The largest absolute Gasteiger partial charge is 0.346 e. The fourth-order valence-electron chi connectivity index (χ4n) is 6.09. The van der Waals surface area contributed by atoms with Crippen molar-refractivity contribution in [2.75, 3.05) is 26.4 Å². The number of hydrogen-bond donors (Lipinski definition) is 0. The van der Waals surface area contributed by atoms with Gasteiger partial charge < -0.3 is 18.9 Å². The molecule has 2 aliphatic heterocycles. The number of benzene rings is 4. The molecule has 2 fully saturated rings. The van der Waals surface area contributed by atoms with E-state index in [0.717, 1.165) is 11.8 Å². The highest BCUT2D eigenvalue weighted by atomic mass is 32.2. The molecule has 6 aromatic rings. The third-order valence-corrected chi connectivity index (χ3v) is 13.0. The molecule has 0 saturated carbocycles. The van der Waals surface area contributed by atoms with Crippen molar-refractivity contribution in [1.29, 1.82) is 0 Å². The zero-order valence-corrected chi connectivity index (χ0v) is 27.2. The molecule has 2 aliphatic rings. The molecule has 10 nitrogen and oxygen atoms in total. The predicted octanol–water partition coefficient (Wildman–Crippen LogP) is 6.31. The summed E-state index contributed by atoms with van der Waals surface area (Å²) >= 11 is 1.01. The Balaban J connectivity index is 1.48. The van der Waals surface area contributed by atoms with E-state index in [1.807, 2.05) is 24.3 Å². The van der Waals surface area contributed by atoms with Crippen molar-refractivity contribution in [1.82, 2.24) is 7.94 Å². The van der Waals surface area contributed by atoms with Crippen LogP contribution in [0.15, 0.2) is 129 Å². The molecule has 0 amide bonds. The molecule has 0 bridgehead atoms. The summed E-state index contributed by atoms with van der Waals surface area (Å²) in [5.41, 5.74) is 1.76. The second kappa shape index (κ2) is 11.9. The lowest BCUT2D eigenvalue weighted by molar-refractivity contribution is -0.0452. The molecule has 240 valence electrons. The van der Waals surface area contributed by atoms with Gasteiger partial charge >= 0.3 is 0 Å². The Labute approximate surface area is 275 Å². The van der Waals surface area contributed by atoms with Crippen molar-refractivity contribution in [2.45, 2.75) is 32.4 Å². The van der Waals surface area contributed by atoms with Gasteiger partial charge in [-0.05, 0) is 36.4 Å². The van der Waals surface area contributed by atoms with Crippen molar-refractivity contribution in [3.05, 3.63) is 120 Å². The Bertz CT molecular complexity index is 2160. The van der Waals surface area contributed by atoms with Crippen LogP contribution < -0.4 is 0 Å². The first kappa shape index (κ1) is 30.4. The van der Waals surface area contributed by atoms with E-state index < -0.39 is 32.6 Å². The van der Waals surface area contributed by atoms with E-state index in [2.05, 4.69) is 0 Å². The molecule has 13 heteroatoms. The normalized spacial score (nSPS) is 16.5. The quantitative estimate of drug-likeness (QED) is 0.181. The number of fused-ring (bicyclic) bond motifs is 2. The van der Waals surface area contributed by atoms with Crippen molar-refractivity contribution < 1.29 is 35.8 Å². The standard InChI is InChI=1S/C34H28N2O8S3/c37-46(38,23-11-3-1-4-12-23)35-27-17-9-7-15-25(27)29(33-41-19-20-42-33)31(35)45-32-30(34-43-21-22-44-34)26-16-8-10-18-28(26)36(32)47(39,40)24-13-5-2-6-14-24/h1-18,33-34H,19-22H2. The first-order chi connectivity index (χ1) is 22.9. The molecule has 4 aromatic carbocycles. The van der Waals surface area contributed by atoms with E-state index >= 15 is 0 Å². The molecule has 47 heavy (non-hydrogen) atoms. The summed E-state index contributed by atoms with van der Waals surface area (Å²) in [7, 11) is -8.45. The third kappa shape index (κ3) is 5.01.